The summed E-state index contributed by atoms with van der Waals surface area (Å²) in [6.07, 6.45) is 1.06. The van der Waals surface area contributed by atoms with Gasteiger partial charge in [0.2, 0.25) is 0 Å². The van der Waals surface area contributed by atoms with Crippen molar-refractivity contribution >= 4 is 17.5 Å². The lowest BCUT2D eigenvalue weighted by atomic mass is 10.2. The Morgan fingerprint density at radius 3 is 3.11 bits per heavy atom. The van der Waals surface area contributed by atoms with Crippen LogP contribution in [0.15, 0.2) is 12.3 Å². The molecule has 18 heavy (non-hydrogen) atoms. The van der Waals surface area contributed by atoms with Gasteiger partial charge in [0.25, 0.3) is 0 Å². The summed E-state index contributed by atoms with van der Waals surface area (Å²) in [4.78, 5) is 17.8. The highest BCUT2D eigenvalue weighted by Gasteiger charge is 2.28. The predicted molar refractivity (Wildman–Crippen MR) is 67.4 cm³/mol. The quantitative estimate of drug-likeness (QED) is 0.764. The molecule has 2 rings (SSSR count). The molecule has 0 aliphatic carbocycles. The Morgan fingerprint density at radius 2 is 2.44 bits per heavy atom. The first-order chi connectivity index (χ1) is 8.61. The van der Waals surface area contributed by atoms with Crippen LogP contribution in [0.3, 0.4) is 0 Å². The molecule has 1 aliphatic rings. The minimum atomic E-state index is -0.553. The van der Waals surface area contributed by atoms with E-state index in [1.165, 1.54) is 7.11 Å². The number of methoxy groups -OCH3 is 1. The normalized spacial score (nSPS) is 19.7. The molecule has 1 saturated heterocycles. The predicted octanol–water partition coefficient (Wildman–Crippen LogP) is 0.350. The molecular formula is C12H17N3O3. The average Bonchev–Trinajstić information content (AvgIpc) is 2.38. The molecule has 1 aliphatic heterocycles. The number of nitrogens with zero attached hydrogens (tertiary/aromatic N) is 2. The van der Waals surface area contributed by atoms with Gasteiger partial charge in [-0.15, -0.1) is 0 Å². The van der Waals surface area contributed by atoms with Crippen LogP contribution in [0.2, 0.25) is 0 Å². The number of anilines is 2. The molecule has 1 unspecified atom stereocenters. The van der Waals surface area contributed by atoms with Crippen molar-refractivity contribution in [3.8, 4) is 0 Å². The first-order valence-electron chi connectivity index (χ1n) is 5.78. The third-order valence-electron chi connectivity index (χ3n) is 2.90. The van der Waals surface area contributed by atoms with E-state index in [2.05, 4.69) is 4.98 Å². The van der Waals surface area contributed by atoms with E-state index >= 15 is 0 Å². The van der Waals surface area contributed by atoms with Gasteiger partial charge >= 0.3 is 5.97 Å². The molecule has 0 saturated carbocycles. The number of hydrogen-bond donors (Lipinski definition) is 1. The number of carbonyl (C=O) groups is 1. The minimum absolute atomic E-state index is 0.354. The van der Waals surface area contributed by atoms with Crippen molar-refractivity contribution in [3.63, 3.8) is 0 Å². The van der Waals surface area contributed by atoms with Crippen molar-refractivity contribution in [2.45, 2.75) is 13.0 Å². The van der Waals surface area contributed by atoms with E-state index in [1.54, 1.807) is 6.20 Å². The van der Waals surface area contributed by atoms with Crippen LogP contribution < -0.4 is 10.6 Å². The second-order valence-electron chi connectivity index (χ2n) is 4.24. The number of esters is 1. The third kappa shape index (κ3) is 2.53. The minimum Gasteiger partial charge on any atom is -0.467 e. The van der Waals surface area contributed by atoms with Gasteiger partial charge in [-0.3, -0.25) is 0 Å². The molecular weight excluding hydrogens is 234 g/mol. The Labute approximate surface area is 106 Å². The van der Waals surface area contributed by atoms with Gasteiger partial charge < -0.3 is 20.1 Å². The van der Waals surface area contributed by atoms with Gasteiger partial charge in [0.1, 0.15) is 5.82 Å². The van der Waals surface area contributed by atoms with Crippen LogP contribution in [0.4, 0.5) is 11.5 Å². The first-order valence-corrected chi connectivity index (χ1v) is 5.78. The molecule has 6 nitrogen and oxygen atoms in total. The number of morpholine rings is 1. The number of aryl methyl sites for hydroxylation is 1. The van der Waals surface area contributed by atoms with E-state index in [4.69, 9.17) is 15.2 Å². The average molecular weight is 251 g/mol. The standard InChI is InChI=1S/C12H17N3O3/c1-8-5-9(13)6-14-11(8)15-3-4-18-10(7-15)12(16)17-2/h5-6,10H,3-4,7,13H2,1-2H3. The first kappa shape index (κ1) is 12.6. The number of nitrogen functional groups attached to an aromatic ring is 1. The summed E-state index contributed by atoms with van der Waals surface area (Å²) in [7, 11) is 1.36. The SMILES string of the molecule is COC(=O)C1CN(c2ncc(N)cc2C)CCO1. The van der Waals surface area contributed by atoms with E-state index in [9.17, 15) is 4.79 Å². The monoisotopic (exact) mass is 251 g/mol. The van der Waals surface area contributed by atoms with Gasteiger partial charge in [-0.1, -0.05) is 0 Å². The zero-order valence-electron chi connectivity index (χ0n) is 10.5. The topological polar surface area (TPSA) is 77.7 Å². The zero-order chi connectivity index (χ0) is 13.1. The van der Waals surface area contributed by atoms with Crippen molar-refractivity contribution < 1.29 is 14.3 Å². The van der Waals surface area contributed by atoms with Gasteiger partial charge in [-0.2, -0.15) is 0 Å². The number of pyridine rings is 1. The maximum Gasteiger partial charge on any atom is 0.336 e. The van der Waals surface area contributed by atoms with Crippen LogP contribution in [-0.4, -0.2) is 43.9 Å². The maximum absolute atomic E-state index is 11.5. The molecule has 0 aromatic carbocycles. The fourth-order valence-corrected chi connectivity index (χ4v) is 2.04. The highest BCUT2D eigenvalue weighted by Crippen LogP contribution is 2.21. The van der Waals surface area contributed by atoms with Gasteiger partial charge in [0, 0.05) is 6.54 Å². The van der Waals surface area contributed by atoms with E-state index in [0.717, 1.165) is 11.4 Å². The molecule has 2 N–H and O–H groups in total. The summed E-state index contributed by atoms with van der Waals surface area (Å²) in [5.74, 6) is 0.481. The van der Waals surface area contributed by atoms with Crippen molar-refractivity contribution in [1.82, 2.24) is 4.98 Å². The second kappa shape index (κ2) is 5.22. The van der Waals surface area contributed by atoms with Crippen molar-refractivity contribution in [2.75, 3.05) is 37.4 Å². The lowest BCUT2D eigenvalue weighted by molar-refractivity contribution is -0.154. The summed E-state index contributed by atoms with van der Waals surface area (Å²) >= 11 is 0. The van der Waals surface area contributed by atoms with Gasteiger partial charge in [-0.05, 0) is 18.6 Å². The number of aromatic nitrogens is 1. The third-order valence-corrected chi connectivity index (χ3v) is 2.90. The van der Waals surface area contributed by atoms with Crippen LogP contribution >= 0.6 is 0 Å². The number of nitrogens with two attached hydrogens (primary N) is 1. The number of rotatable bonds is 2. The lowest BCUT2D eigenvalue weighted by Crippen LogP contribution is -2.47. The Morgan fingerprint density at radius 1 is 1.67 bits per heavy atom. The summed E-state index contributed by atoms with van der Waals surface area (Å²) in [5, 5.41) is 0. The molecule has 98 valence electrons. The molecule has 1 aromatic heterocycles. The smallest absolute Gasteiger partial charge is 0.336 e. The molecule has 0 spiro atoms. The van der Waals surface area contributed by atoms with E-state index in [-0.39, 0.29) is 5.97 Å². The van der Waals surface area contributed by atoms with E-state index in [0.29, 0.717) is 25.4 Å². The number of hydrogen-bond acceptors (Lipinski definition) is 6. The van der Waals surface area contributed by atoms with Crippen molar-refractivity contribution in [2.24, 2.45) is 0 Å². The van der Waals surface area contributed by atoms with E-state index < -0.39 is 6.10 Å². The fourth-order valence-electron chi connectivity index (χ4n) is 2.04. The fraction of sp³-hybridized carbons (Fsp3) is 0.500. The largest absolute Gasteiger partial charge is 0.467 e. The van der Waals surface area contributed by atoms with Gasteiger partial charge in [0.15, 0.2) is 6.10 Å². The Balaban J connectivity index is 2.15. The summed E-state index contributed by atoms with van der Waals surface area (Å²) < 4.78 is 10.1. The van der Waals surface area contributed by atoms with Crippen LogP contribution in [0, 0.1) is 6.92 Å². The molecule has 1 atom stereocenters. The summed E-state index contributed by atoms with van der Waals surface area (Å²) in [6.45, 7) is 3.57. The molecule has 6 heteroatoms. The second-order valence-corrected chi connectivity index (χ2v) is 4.24. The van der Waals surface area contributed by atoms with Crippen LogP contribution in [-0.2, 0) is 14.3 Å². The van der Waals surface area contributed by atoms with Crippen LogP contribution in [0.1, 0.15) is 5.56 Å². The summed E-state index contributed by atoms with van der Waals surface area (Å²) in [6, 6.07) is 1.87. The molecule has 0 radical (unpaired) electrons. The number of ether oxygens (including phenoxy) is 2. The highest BCUT2D eigenvalue weighted by molar-refractivity contribution is 5.75. The highest BCUT2D eigenvalue weighted by atomic mass is 16.6. The molecule has 2 heterocycles. The van der Waals surface area contributed by atoms with Crippen molar-refractivity contribution in [3.05, 3.63) is 17.8 Å². The van der Waals surface area contributed by atoms with Gasteiger partial charge in [-0.25, -0.2) is 9.78 Å². The zero-order valence-corrected chi connectivity index (χ0v) is 10.5. The Kier molecular flexibility index (Phi) is 3.66. The number of carbonyl (C=O) groups excluding carboxylic acids is 1. The summed E-state index contributed by atoms with van der Waals surface area (Å²) in [5.41, 5.74) is 7.29. The maximum atomic E-state index is 11.5. The molecule has 1 fully saturated rings. The molecule has 0 amide bonds. The Hall–Kier alpha value is -1.82. The Bertz CT molecular complexity index is 450. The molecule has 0 bridgehead atoms. The lowest BCUT2D eigenvalue weighted by Gasteiger charge is -2.33. The molecule has 1 aromatic rings. The van der Waals surface area contributed by atoms with Gasteiger partial charge in [0.05, 0.1) is 32.1 Å². The van der Waals surface area contributed by atoms with Crippen LogP contribution in [0.25, 0.3) is 0 Å². The van der Waals surface area contributed by atoms with Crippen LogP contribution in [0.5, 0.6) is 0 Å². The van der Waals surface area contributed by atoms with E-state index in [1.807, 2.05) is 17.9 Å². The van der Waals surface area contributed by atoms with Crippen molar-refractivity contribution in [1.29, 1.82) is 0 Å².